The molecule has 0 saturated carbocycles. The summed E-state index contributed by atoms with van der Waals surface area (Å²) < 4.78 is 0. The molecule has 1 N–H and O–H groups in total. The molecule has 0 aromatic carbocycles. The van der Waals surface area contributed by atoms with Crippen LogP contribution in [0.25, 0.3) is 0 Å². The third kappa shape index (κ3) is 2.18. The molecule has 1 rings (SSSR count). The summed E-state index contributed by atoms with van der Waals surface area (Å²) in [6.07, 6.45) is 4.94. The third-order valence-corrected chi connectivity index (χ3v) is 1.79. The van der Waals surface area contributed by atoms with E-state index in [1.54, 1.807) is 0 Å². The van der Waals surface area contributed by atoms with E-state index in [2.05, 4.69) is 0 Å². The van der Waals surface area contributed by atoms with Gasteiger partial charge >= 0.3 is 5.97 Å². The standard InChI is InChI=1S/C8H10O3/c9-7(5-8(10)11)6-3-1-2-4-6/h1-2,6H,3-5H2,(H,10,11). The van der Waals surface area contributed by atoms with Crippen LogP contribution in [0.3, 0.4) is 0 Å². The lowest BCUT2D eigenvalue weighted by Crippen LogP contribution is -2.15. The van der Waals surface area contributed by atoms with E-state index in [4.69, 9.17) is 5.11 Å². The average molecular weight is 154 g/mol. The van der Waals surface area contributed by atoms with Gasteiger partial charge in [-0.3, -0.25) is 9.59 Å². The third-order valence-electron chi connectivity index (χ3n) is 1.79. The Bertz CT molecular complexity index is 197. The molecule has 0 heterocycles. The summed E-state index contributed by atoms with van der Waals surface area (Å²) in [6.45, 7) is 0. The van der Waals surface area contributed by atoms with Gasteiger partial charge < -0.3 is 5.11 Å². The minimum Gasteiger partial charge on any atom is -0.481 e. The van der Waals surface area contributed by atoms with E-state index < -0.39 is 5.97 Å². The molecule has 0 unspecified atom stereocenters. The molecule has 0 amide bonds. The van der Waals surface area contributed by atoms with E-state index in [1.165, 1.54) is 0 Å². The molecule has 0 bridgehead atoms. The highest BCUT2D eigenvalue weighted by Gasteiger charge is 2.20. The van der Waals surface area contributed by atoms with Crippen molar-refractivity contribution in [1.82, 2.24) is 0 Å². The van der Waals surface area contributed by atoms with Gasteiger partial charge in [-0.05, 0) is 12.8 Å². The molecule has 11 heavy (non-hydrogen) atoms. The van der Waals surface area contributed by atoms with E-state index in [9.17, 15) is 9.59 Å². The van der Waals surface area contributed by atoms with Crippen LogP contribution in [-0.2, 0) is 9.59 Å². The number of rotatable bonds is 3. The highest BCUT2D eigenvalue weighted by Crippen LogP contribution is 2.19. The smallest absolute Gasteiger partial charge is 0.310 e. The van der Waals surface area contributed by atoms with E-state index in [0.717, 1.165) is 0 Å². The Kier molecular flexibility index (Phi) is 2.41. The zero-order valence-corrected chi connectivity index (χ0v) is 6.12. The van der Waals surface area contributed by atoms with Crippen molar-refractivity contribution >= 4 is 11.8 Å². The largest absolute Gasteiger partial charge is 0.481 e. The molecule has 3 nitrogen and oxygen atoms in total. The maximum absolute atomic E-state index is 11.0. The van der Waals surface area contributed by atoms with E-state index in [1.807, 2.05) is 12.2 Å². The summed E-state index contributed by atoms with van der Waals surface area (Å²) in [5, 5.41) is 8.30. The second-order valence-electron chi connectivity index (χ2n) is 2.68. The van der Waals surface area contributed by atoms with E-state index in [0.29, 0.717) is 12.8 Å². The monoisotopic (exact) mass is 154 g/mol. The number of hydrogen-bond acceptors (Lipinski definition) is 2. The molecule has 0 aliphatic heterocycles. The van der Waals surface area contributed by atoms with Gasteiger partial charge in [0.1, 0.15) is 12.2 Å². The van der Waals surface area contributed by atoms with Gasteiger partial charge in [0.05, 0.1) is 0 Å². The predicted octanol–water partition coefficient (Wildman–Crippen LogP) is 0.996. The fourth-order valence-corrected chi connectivity index (χ4v) is 1.17. The molecule has 0 spiro atoms. The van der Waals surface area contributed by atoms with Crippen molar-refractivity contribution in [1.29, 1.82) is 0 Å². The second-order valence-corrected chi connectivity index (χ2v) is 2.68. The van der Waals surface area contributed by atoms with Crippen molar-refractivity contribution in [3.8, 4) is 0 Å². The van der Waals surface area contributed by atoms with Crippen LogP contribution in [0.15, 0.2) is 12.2 Å². The molecule has 1 aliphatic rings. The molecule has 0 radical (unpaired) electrons. The number of carbonyl (C=O) groups is 2. The Hall–Kier alpha value is -1.12. The van der Waals surface area contributed by atoms with Gasteiger partial charge in [0, 0.05) is 5.92 Å². The Morgan fingerprint density at radius 2 is 1.91 bits per heavy atom. The first-order valence-electron chi connectivity index (χ1n) is 3.59. The Labute approximate surface area is 64.7 Å². The molecule has 0 aromatic rings. The minimum atomic E-state index is -1.03. The van der Waals surface area contributed by atoms with Gasteiger partial charge in [0.25, 0.3) is 0 Å². The van der Waals surface area contributed by atoms with Crippen LogP contribution in [0.1, 0.15) is 19.3 Å². The lowest BCUT2D eigenvalue weighted by molar-refractivity contribution is -0.141. The fraction of sp³-hybridized carbons (Fsp3) is 0.500. The van der Waals surface area contributed by atoms with Crippen LogP contribution < -0.4 is 0 Å². The SMILES string of the molecule is O=C(O)CC(=O)C1CC=CC1. The van der Waals surface area contributed by atoms with Gasteiger partial charge in [-0.25, -0.2) is 0 Å². The van der Waals surface area contributed by atoms with E-state index in [-0.39, 0.29) is 18.1 Å². The number of carboxylic acid groups (broad SMARTS) is 1. The summed E-state index contributed by atoms with van der Waals surface area (Å²) >= 11 is 0. The summed E-state index contributed by atoms with van der Waals surface area (Å²) in [5.41, 5.74) is 0. The van der Waals surface area contributed by atoms with Crippen LogP contribution in [0.4, 0.5) is 0 Å². The molecular formula is C8H10O3. The Morgan fingerprint density at radius 3 is 2.36 bits per heavy atom. The quantitative estimate of drug-likeness (QED) is 0.487. The number of allylic oxidation sites excluding steroid dienone is 2. The number of carboxylic acids is 1. The second kappa shape index (κ2) is 3.32. The molecule has 60 valence electrons. The Morgan fingerprint density at radius 1 is 1.36 bits per heavy atom. The first-order valence-corrected chi connectivity index (χ1v) is 3.59. The van der Waals surface area contributed by atoms with E-state index >= 15 is 0 Å². The first kappa shape index (κ1) is 7.98. The van der Waals surface area contributed by atoms with Gasteiger partial charge in [0.15, 0.2) is 0 Å². The van der Waals surface area contributed by atoms with Crippen molar-refractivity contribution in [2.75, 3.05) is 0 Å². The van der Waals surface area contributed by atoms with Gasteiger partial charge in [-0.1, -0.05) is 12.2 Å². The zero-order valence-electron chi connectivity index (χ0n) is 6.12. The normalized spacial score (nSPS) is 17.1. The lowest BCUT2D eigenvalue weighted by Gasteiger charge is -2.03. The maximum Gasteiger partial charge on any atom is 0.310 e. The van der Waals surface area contributed by atoms with Crippen LogP contribution in [0, 0.1) is 5.92 Å². The highest BCUT2D eigenvalue weighted by atomic mass is 16.4. The van der Waals surface area contributed by atoms with Crippen LogP contribution >= 0.6 is 0 Å². The minimum absolute atomic E-state index is 0.0638. The van der Waals surface area contributed by atoms with Gasteiger partial charge in [0.2, 0.25) is 0 Å². The van der Waals surface area contributed by atoms with Crippen molar-refractivity contribution < 1.29 is 14.7 Å². The highest BCUT2D eigenvalue weighted by molar-refractivity contribution is 5.96. The van der Waals surface area contributed by atoms with Crippen molar-refractivity contribution in [3.63, 3.8) is 0 Å². The molecule has 0 atom stereocenters. The first-order chi connectivity index (χ1) is 5.20. The van der Waals surface area contributed by atoms with Crippen LogP contribution in [0.2, 0.25) is 0 Å². The average Bonchev–Trinajstić information content (AvgIpc) is 2.35. The number of carbonyl (C=O) groups excluding carboxylic acids is 1. The molecule has 0 aromatic heterocycles. The van der Waals surface area contributed by atoms with Gasteiger partial charge in [-0.15, -0.1) is 0 Å². The van der Waals surface area contributed by atoms with Crippen LogP contribution in [-0.4, -0.2) is 16.9 Å². The zero-order chi connectivity index (χ0) is 8.27. The number of aliphatic carboxylic acids is 1. The topological polar surface area (TPSA) is 54.4 Å². The van der Waals surface area contributed by atoms with Crippen molar-refractivity contribution in [3.05, 3.63) is 12.2 Å². The molecule has 3 heteroatoms. The molecule has 0 saturated heterocycles. The number of hydrogen-bond donors (Lipinski definition) is 1. The number of ketones is 1. The summed E-state index contributed by atoms with van der Waals surface area (Å²) in [4.78, 5) is 21.2. The summed E-state index contributed by atoms with van der Waals surface area (Å²) in [7, 11) is 0. The fourth-order valence-electron chi connectivity index (χ4n) is 1.17. The summed E-state index contributed by atoms with van der Waals surface area (Å²) in [5.74, 6) is -1.24. The summed E-state index contributed by atoms with van der Waals surface area (Å²) in [6, 6.07) is 0. The molecule has 0 fully saturated rings. The predicted molar refractivity (Wildman–Crippen MR) is 39.1 cm³/mol. The van der Waals surface area contributed by atoms with Crippen molar-refractivity contribution in [2.24, 2.45) is 5.92 Å². The van der Waals surface area contributed by atoms with Gasteiger partial charge in [-0.2, -0.15) is 0 Å². The molecule has 1 aliphatic carbocycles. The maximum atomic E-state index is 11.0. The van der Waals surface area contributed by atoms with Crippen molar-refractivity contribution in [2.45, 2.75) is 19.3 Å². The lowest BCUT2D eigenvalue weighted by atomic mass is 10.00. The molecular weight excluding hydrogens is 144 g/mol. The number of Topliss-reactive ketones (excluding diaryl/α,β-unsaturated/α-hetero) is 1. The Balaban J connectivity index is 2.36. The van der Waals surface area contributed by atoms with Crippen LogP contribution in [0.5, 0.6) is 0 Å².